The molecule has 0 radical (unpaired) electrons. The van der Waals surface area contributed by atoms with Gasteiger partial charge >= 0.3 is 6.18 Å². The number of anilines is 2. The van der Waals surface area contributed by atoms with Gasteiger partial charge in [-0.25, -0.2) is 9.97 Å². The molecule has 144 valence electrons. The van der Waals surface area contributed by atoms with Gasteiger partial charge < -0.3 is 10.6 Å². The van der Waals surface area contributed by atoms with E-state index in [9.17, 15) is 13.2 Å². The van der Waals surface area contributed by atoms with Gasteiger partial charge in [0.1, 0.15) is 5.69 Å². The molecule has 2 N–H and O–H groups in total. The molecule has 2 aromatic rings. The number of alkyl halides is 3. The van der Waals surface area contributed by atoms with Gasteiger partial charge in [-0.2, -0.15) is 28.1 Å². The molecule has 2 aromatic heterocycles. The Morgan fingerprint density at radius 2 is 1.78 bits per heavy atom. The van der Waals surface area contributed by atoms with Crippen LogP contribution in [0.25, 0.3) is 11.6 Å². The van der Waals surface area contributed by atoms with Crippen molar-refractivity contribution in [3.05, 3.63) is 18.0 Å². The molecule has 1 atom stereocenters. The summed E-state index contributed by atoms with van der Waals surface area (Å²) in [5, 5.41) is 6.36. The molecule has 1 unspecified atom stereocenters. The van der Waals surface area contributed by atoms with Crippen LogP contribution in [0.4, 0.5) is 25.1 Å². The van der Waals surface area contributed by atoms with Crippen LogP contribution < -0.4 is 10.6 Å². The largest absolute Gasteiger partial charge is 0.433 e. The first-order valence-electron chi connectivity index (χ1n) is 9.05. The average Bonchev–Trinajstić information content (AvgIpc) is 3.53. The van der Waals surface area contributed by atoms with Crippen molar-refractivity contribution < 1.29 is 13.2 Å². The van der Waals surface area contributed by atoms with E-state index in [2.05, 4.69) is 35.6 Å². The summed E-state index contributed by atoms with van der Waals surface area (Å²) in [6.07, 6.45) is 1.12. The second-order valence-electron chi connectivity index (χ2n) is 7.16. The van der Waals surface area contributed by atoms with Crippen molar-refractivity contribution in [3.8, 4) is 11.6 Å². The van der Waals surface area contributed by atoms with Crippen molar-refractivity contribution in [2.24, 2.45) is 11.8 Å². The number of nitrogens with one attached hydrogen (secondary N) is 2. The van der Waals surface area contributed by atoms with Crippen LogP contribution in [-0.4, -0.2) is 37.5 Å². The van der Waals surface area contributed by atoms with Gasteiger partial charge in [0.05, 0.1) is 0 Å². The van der Waals surface area contributed by atoms with E-state index in [1.165, 1.54) is 0 Å². The van der Waals surface area contributed by atoms with E-state index < -0.39 is 11.9 Å². The van der Waals surface area contributed by atoms with Gasteiger partial charge in [0, 0.05) is 18.8 Å². The SMILES string of the molecule is CC(Nc1nc(NCC2CC2)nc(-c2nccc(C(F)(F)F)n2)n1)C1CC1. The molecule has 10 heteroatoms. The predicted octanol–water partition coefficient (Wildman–Crippen LogP) is 3.38. The maximum Gasteiger partial charge on any atom is 0.433 e. The summed E-state index contributed by atoms with van der Waals surface area (Å²) in [6, 6.07) is 1.00. The van der Waals surface area contributed by atoms with Crippen molar-refractivity contribution in [3.63, 3.8) is 0 Å². The first-order chi connectivity index (χ1) is 12.9. The van der Waals surface area contributed by atoms with E-state index >= 15 is 0 Å². The van der Waals surface area contributed by atoms with E-state index in [1.54, 1.807) is 0 Å². The van der Waals surface area contributed by atoms with Crippen LogP contribution in [0, 0.1) is 11.8 Å². The zero-order valence-corrected chi connectivity index (χ0v) is 14.8. The molecule has 27 heavy (non-hydrogen) atoms. The minimum absolute atomic E-state index is 0.0138. The topological polar surface area (TPSA) is 88.5 Å². The second-order valence-corrected chi connectivity index (χ2v) is 7.16. The highest BCUT2D eigenvalue weighted by Gasteiger charge is 2.33. The van der Waals surface area contributed by atoms with Crippen LogP contribution in [0.5, 0.6) is 0 Å². The minimum Gasteiger partial charge on any atom is -0.354 e. The molecule has 0 saturated heterocycles. The number of aromatic nitrogens is 5. The molecule has 2 fully saturated rings. The highest BCUT2D eigenvalue weighted by molar-refractivity contribution is 5.50. The molecule has 2 aliphatic carbocycles. The second kappa shape index (κ2) is 6.90. The summed E-state index contributed by atoms with van der Waals surface area (Å²) in [7, 11) is 0. The summed E-state index contributed by atoms with van der Waals surface area (Å²) >= 11 is 0. The third-order valence-corrected chi connectivity index (χ3v) is 4.71. The van der Waals surface area contributed by atoms with Crippen molar-refractivity contribution in [2.45, 2.75) is 44.8 Å². The van der Waals surface area contributed by atoms with Gasteiger partial charge in [0.2, 0.25) is 17.7 Å². The number of rotatable bonds is 7. The molecular weight excluding hydrogens is 359 g/mol. The maximum atomic E-state index is 13.0. The van der Waals surface area contributed by atoms with Gasteiger partial charge in [0.25, 0.3) is 0 Å². The van der Waals surface area contributed by atoms with Crippen LogP contribution in [0.3, 0.4) is 0 Å². The Bertz CT molecular complexity index is 818. The molecule has 2 aliphatic rings. The third kappa shape index (κ3) is 4.61. The number of nitrogens with zero attached hydrogens (tertiary/aromatic N) is 5. The molecule has 7 nitrogen and oxygen atoms in total. The van der Waals surface area contributed by atoms with E-state index in [1.807, 2.05) is 6.92 Å². The summed E-state index contributed by atoms with van der Waals surface area (Å²) in [4.78, 5) is 20.3. The summed E-state index contributed by atoms with van der Waals surface area (Å²) in [5.74, 6) is 1.63. The Labute approximate surface area is 154 Å². The van der Waals surface area contributed by atoms with Crippen LogP contribution in [0.2, 0.25) is 0 Å². The maximum absolute atomic E-state index is 13.0. The van der Waals surface area contributed by atoms with Crippen molar-refractivity contribution in [1.82, 2.24) is 24.9 Å². The lowest BCUT2D eigenvalue weighted by atomic mass is 10.2. The Balaban J connectivity index is 1.63. The standard InChI is InChI=1S/C17H20F3N7/c1-9(11-4-5-11)23-16-26-14(25-15(27-16)22-8-10-2-3-10)13-21-7-6-12(24-13)17(18,19)20/h6-7,9-11H,2-5,8H2,1H3,(H2,22,23,25,26,27). The van der Waals surface area contributed by atoms with Crippen LogP contribution >= 0.6 is 0 Å². The minimum atomic E-state index is -4.56. The lowest BCUT2D eigenvalue weighted by molar-refractivity contribution is -0.141. The molecule has 0 spiro atoms. The number of halogens is 3. The number of hydrogen-bond acceptors (Lipinski definition) is 7. The Morgan fingerprint density at radius 3 is 2.44 bits per heavy atom. The molecule has 0 aliphatic heterocycles. The van der Waals surface area contributed by atoms with E-state index in [-0.39, 0.29) is 17.7 Å². The molecule has 0 bridgehead atoms. The fourth-order valence-corrected chi connectivity index (χ4v) is 2.72. The van der Waals surface area contributed by atoms with Crippen molar-refractivity contribution in [2.75, 3.05) is 17.2 Å². The van der Waals surface area contributed by atoms with Crippen LogP contribution in [0.15, 0.2) is 12.3 Å². The van der Waals surface area contributed by atoms with Crippen LogP contribution in [0.1, 0.15) is 38.3 Å². The van der Waals surface area contributed by atoms with Gasteiger partial charge in [-0.15, -0.1) is 0 Å². The van der Waals surface area contributed by atoms with E-state index in [0.717, 1.165) is 44.5 Å². The molecule has 2 heterocycles. The normalized spacial score (nSPS) is 18.2. The fraction of sp³-hybridized carbons (Fsp3) is 0.588. The fourth-order valence-electron chi connectivity index (χ4n) is 2.72. The first-order valence-corrected chi connectivity index (χ1v) is 9.05. The number of hydrogen-bond donors (Lipinski definition) is 2. The molecule has 4 rings (SSSR count). The van der Waals surface area contributed by atoms with Gasteiger partial charge in [-0.1, -0.05) is 0 Å². The lowest BCUT2D eigenvalue weighted by Crippen LogP contribution is -2.20. The molecule has 0 aromatic carbocycles. The van der Waals surface area contributed by atoms with Crippen LogP contribution in [-0.2, 0) is 6.18 Å². The molecule has 0 amide bonds. The Morgan fingerprint density at radius 1 is 1.04 bits per heavy atom. The Hall–Kier alpha value is -2.52. The summed E-state index contributed by atoms with van der Waals surface area (Å²) in [6.45, 7) is 2.77. The van der Waals surface area contributed by atoms with Gasteiger partial charge in [0.15, 0.2) is 5.82 Å². The zero-order chi connectivity index (χ0) is 19.0. The Kier molecular flexibility index (Phi) is 4.56. The quantitative estimate of drug-likeness (QED) is 0.762. The smallest absolute Gasteiger partial charge is 0.354 e. The molecule has 2 saturated carbocycles. The van der Waals surface area contributed by atoms with Crippen molar-refractivity contribution >= 4 is 11.9 Å². The van der Waals surface area contributed by atoms with E-state index in [0.29, 0.717) is 23.7 Å². The first kappa shape index (κ1) is 17.9. The lowest BCUT2D eigenvalue weighted by Gasteiger charge is -2.14. The summed E-state index contributed by atoms with van der Waals surface area (Å²) in [5.41, 5.74) is -1.03. The van der Waals surface area contributed by atoms with Gasteiger partial charge in [-0.3, -0.25) is 0 Å². The van der Waals surface area contributed by atoms with E-state index in [4.69, 9.17) is 0 Å². The summed E-state index contributed by atoms with van der Waals surface area (Å²) < 4.78 is 38.9. The monoisotopic (exact) mass is 379 g/mol. The average molecular weight is 379 g/mol. The highest BCUT2D eigenvalue weighted by Crippen LogP contribution is 2.34. The highest BCUT2D eigenvalue weighted by atomic mass is 19.4. The molecular formula is C17H20F3N7. The third-order valence-electron chi connectivity index (χ3n) is 4.71. The predicted molar refractivity (Wildman–Crippen MR) is 92.9 cm³/mol. The van der Waals surface area contributed by atoms with Crippen molar-refractivity contribution in [1.29, 1.82) is 0 Å². The van der Waals surface area contributed by atoms with Gasteiger partial charge in [-0.05, 0) is 50.5 Å². The zero-order valence-electron chi connectivity index (χ0n) is 14.8.